The van der Waals surface area contributed by atoms with E-state index < -0.39 is 17.6 Å². The second-order valence-electron chi connectivity index (χ2n) is 5.14. The van der Waals surface area contributed by atoms with Crippen molar-refractivity contribution in [1.82, 2.24) is 10.7 Å². The third-order valence-electron chi connectivity index (χ3n) is 3.51. The molecule has 1 aromatic rings. The van der Waals surface area contributed by atoms with Gasteiger partial charge in [-0.25, -0.2) is 9.82 Å². The molecule has 0 radical (unpaired) electrons. The number of carbonyl (C=O) groups is 2. The predicted octanol–water partition coefficient (Wildman–Crippen LogP) is 2.38. The molecule has 0 atom stereocenters. The molecule has 1 fully saturated rings. The van der Waals surface area contributed by atoms with E-state index in [1.165, 1.54) is 18.2 Å². The van der Waals surface area contributed by atoms with Gasteiger partial charge < -0.3 is 5.32 Å². The van der Waals surface area contributed by atoms with E-state index in [1.807, 2.05) is 0 Å². The zero-order valence-corrected chi connectivity index (χ0v) is 12.7. The Bertz CT molecular complexity index is 566. The Labute approximate surface area is 132 Å². The van der Waals surface area contributed by atoms with Gasteiger partial charge in [0.15, 0.2) is 0 Å². The van der Waals surface area contributed by atoms with E-state index in [2.05, 4.69) is 15.8 Å². The Kier molecular flexibility index (Phi) is 5.89. The number of halogens is 2. The molecule has 0 unspecified atom stereocenters. The monoisotopic (exact) mass is 325 g/mol. The number of nitrogens with zero attached hydrogens (tertiary/aromatic N) is 1. The molecule has 118 valence electrons. The van der Waals surface area contributed by atoms with Crippen LogP contribution < -0.4 is 10.7 Å². The predicted molar refractivity (Wildman–Crippen MR) is 82.2 cm³/mol. The van der Waals surface area contributed by atoms with Gasteiger partial charge in [-0.3, -0.25) is 9.59 Å². The smallest absolute Gasteiger partial charge is 0.329 e. The maximum atomic E-state index is 13.5. The number of hydrogen-bond donors (Lipinski definition) is 2. The maximum absolute atomic E-state index is 13.5. The molecular formula is C15H17ClFN3O2. The van der Waals surface area contributed by atoms with E-state index in [9.17, 15) is 14.0 Å². The van der Waals surface area contributed by atoms with Crippen molar-refractivity contribution >= 4 is 29.6 Å². The molecule has 7 heteroatoms. The number of nitrogens with one attached hydrogen (secondary N) is 2. The molecule has 2 rings (SSSR count). The van der Waals surface area contributed by atoms with Gasteiger partial charge in [-0.1, -0.05) is 36.9 Å². The van der Waals surface area contributed by atoms with Crippen molar-refractivity contribution < 1.29 is 14.0 Å². The van der Waals surface area contributed by atoms with Crippen LogP contribution in [0.25, 0.3) is 0 Å². The summed E-state index contributed by atoms with van der Waals surface area (Å²) in [7, 11) is 0. The van der Waals surface area contributed by atoms with Crippen LogP contribution in [0.3, 0.4) is 0 Å². The van der Waals surface area contributed by atoms with E-state index in [-0.39, 0.29) is 16.6 Å². The van der Waals surface area contributed by atoms with Crippen molar-refractivity contribution in [2.45, 2.75) is 38.1 Å². The number of amides is 2. The van der Waals surface area contributed by atoms with Gasteiger partial charge in [0.05, 0.1) is 11.2 Å². The van der Waals surface area contributed by atoms with Crippen LogP contribution in [-0.4, -0.2) is 24.1 Å². The molecule has 1 saturated carbocycles. The van der Waals surface area contributed by atoms with E-state index in [0.29, 0.717) is 0 Å². The topological polar surface area (TPSA) is 70.6 Å². The highest BCUT2D eigenvalue weighted by Crippen LogP contribution is 2.17. The quantitative estimate of drug-likeness (QED) is 0.509. The van der Waals surface area contributed by atoms with E-state index in [0.717, 1.165) is 38.3 Å². The van der Waals surface area contributed by atoms with Gasteiger partial charge in [-0.05, 0) is 25.0 Å². The number of hydrogen-bond acceptors (Lipinski definition) is 3. The summed E-state index contributed by atoms with van der Waals surface area (Å²) in [6.07, 6.45) is 6.10. The summed E-state index contributed by atoms with van der Waals surface area (Å²) in [4.78, 5) is 23.3. The van der Waals surface area contributed by atoms with Gasteiger partial charge in [0.2, 0.25) is 0 Å². The minimum absolute atomic E-state index is 0.0389. The van der Waals surface area contributed by atoms with Crippen LogP contribution in [0.15, 0.2) is 23.3 Å². The Hall–Kier alpha value is -1.95. The average molecular weight is 326 g/mol. The lowest BCUT2D eigenvalue weighted by Gasteiger charge is -2.22. The lowest BCUT2D eigenvalue weighted by Crippen LogP contribution is -2.44. The molecule has 0 bridgehead atoms. The third kappa shape index (κ3) is 4.53. The Balaban J connectivity index is 1.86. The molecule has 2 N–H and O–H groups in total. The van der Waals surface area contributed by atoms with Crippen molar-refractivity contribution in [2.75, 3.05) is 0 Å². The molecule has 0 spiro atoms. The van der Waals surface area contributed by atoms with Crippen molar-refractivity contribution in [3.8, 4) is 0 Å². The second-order valence-corrected chi connectivity index (χ2v) is 5.55. The zero-order chi connectivity index (χ0) is 15.9. The standard InChI is InChI=1S/C15H17ClFN3O2/c16-12-7-4-8-13(17)11(12)9-18-20-15(22)14(21)19-10-5-2-1-3-6-10/h4,7-10H,1-3,5-6H2,(H,19,21)(H,20,22). The normalized spacial score (nSPS) is 15.7. The number of benzene rings is 1. The first kappa shape index (κ1) is 16.4. The maximum Gasteiger partial charge on any atom is 0.329 e. The summed E-state index contributed by atoms with van der Waals surface area (Å²) in [6, 6.07) is 4.23. The molecule has 1 aliphatic carbocycles. The number of rotatable bonds is 3. The van der Waals surface area contributed by atoms with Gasteiger partial charge in [0.1, 0.15) is 5.82 Å². The van der Waals surface area contributed by atoms with Crippen LogP contribution in [0.5, 0.6) is 0 Å². The highest BCUT2D eigenvalue weighted by atomic mass is 35.5. The van der Waals surface area contributed by atoms with Crippen LogP contribution in [-0.2, 0) is 9.59 Å². The van der Waals surface area contributed by atoms with Crippen LogP contribution in [0.4, 0.5) is 4.39 Å². The summed E-state index contributed by atoms with van der Waals surface area (Å²) < 4.78 is 13.5. The van der Waals surface area contributed by atoms with Crippen molar-refractivity contribution in [3.05, 3.63) is 34.6 Å². The van der Waals surface area contributed by atoms with Gasteiger partial charge >= 0.3 is 11.8 Å². The summed E-state index contributed by atoms with van der Waals surface area (Å²) >= 11 is 5.81. The second kappa shape index (κ2) is 7.89. The molecule has 22 heavy (non-hydrogen) atoms. The number of carbonyl (C=O) groups excluding carboxylic acids is 2. The first-order valence-corrected chi connectivity index (χ1v) is 7.53. The minimum Gasteiger partial charge on any atom is -0.345 e. The number of hydrazone groups is 1. The SMILES string of the molecule is O=C(NN=Cc1c(F)cccc1Cl)C(=O)NC1CCCCC1. The Morgan fingerprint density at radius 2 is 1.95 bits per heavy atom. The molecule has 5 nitrogen and oxygen atoms in total. The molecule has 0 saturated heterocycles. The summed E-state index contributed by atoms with van der Waals surface area (Å²) in [5, 5.41) is 6.40. The largest absolute Gasteiger partial charge is 0.345 e. The first-order chi connectivity index (χ1) is 10.6. The van der Waals surface area contributed by atoms with Crippen molar-refractivity contribution in [2.24, 2.45) is 5.10 Å². The summed E-state index contributed by atoms with van der Waals surface area (Å²) in [5.41, 5.74) is 2.12. The molecule has 1 aromatic carbocycles. The highest BCUT2D eigenvalue weighted by Gasteiger charge is 2.19. The van der Waals surface area contributed by atoms with Gasteiger partial charge in [-0.2, -0.15) is 5.10 Å². The van der Waals surface area contributed by atoms with Crippen molar-refractivity contribution in [3.63, 3.8) is 0 Å². The van der Waals surface area contributed by atoms with Crippen molar-refractivity contribution in [1.29, 1.82) is 0 Å². The fraction of sp³-hybridized carbons (Fsp3) is 0.400. The minimum atomic E-state index is -0.880. The van der Waals surface area contributed by atoms with Crippen LogP contribution in [0, 0.1) is 5.82 Å². The van der Waals surface area contributed by atoms with Crippen LogP contribution >= 0.6 is 11.6 Å². The van der Waals surface area contributed by atoms with E-state index in [4.69, 9.17) is 11.6 Å². The van der Waals surface area contributed by atoms with Gasteiger partial charge in [-0.15, -0.1) is 0 Å². The molecule has 0 aromatic heterocycles. The molecule has 0 heterocycles. The average Bonchev–Trinajstić information content (AvgIpc) is 2.51. The van der Waals surface area contributed by atoms with Gasteiger partial charge in [0.25, 0.3) is 0 Å². The fourth-order valence-electron chi connectivity index (χ4n) is 2.34. The highest BCUT2D eigenvalue weighted by molar-refractivity contribution is 6.35. The first-order valence-electron chi connectivity index (χ1n) is 7.16. The summed E-state index contributed by atoms with van der Waals surface area (Å²) in [5.74, 6) is -2.17. The molecule has 1 aliphatic rings. The Morgan fingerprint density at radius 3 is 2.64 bits per heavy atom. The summed E-state index contributed by atoms with van der Waals surface area (Å²) in [6.45, 7) is 0. The lowest BCUT2D eigenvalue weighted by atomic mass is 9.95. The van der Waals surface area contributed by atoms with Crippen LogP contribution in [0.1, 0.15) is 37.7 Å². The van der Waals surface area contributed by atoms with Crippen LogP contribution in [0.2, 0.25) is 5.02 Å². The van der Waals surface area contributed by atoms with E-state index >= 15 is 0 Å². The molecule has 2 amide bonds. The third-order valence-corrected chi connectivity index (χ3v) is 3.84. The Morgan fingerprint density at radius 1 is 1.23 bits per heavy atom. The van der Waals surface area contributed by atoms with Gasteiger partial charge in [0, 0.05) is 11.6 Å². The molecular weight excluding hydrogens is 309 g/mol. The fourth-order valence-corrected chi connectivity index (χ4v) is 2.55. The molecule has 0 aliphatic heterocycles. The lowest BCUT2D eigenvalue weighted by molar-refractivity contribution is -0.139. The zero-order valence-electron chi connectivity index (χ0n) is 11.9. The van der Waals surface area contributed by atoms with E-state index in [1.54, 1.807) is 0 Å².